The summed E-state index contributed by atoms with van der Waals surface area (Å²) in [6, 6.07) is 9.34. The summed E-state index contributed by atoms with van der Waals surface area (Å²) in [5.74, 6) is 0. The second-order valence-corrected chi connectivity index (χ2v) is 6.58. The number of para-hydroxylation sites is 1. The number of amides is 2. The summed E-state index contributed by atoms with van der Waals surface area (Å²) in [4.78, 5) is 17.2. The van der Waals surface area contributed by atoms with Gasteiger partial charge in [-0.15, -0.1) is 0 Å². The predicted molar refractivity (Wildman–Crippen MR) is 85.6 cm³/mol. The first-order valence-electron chi connectivity index (χ1n) is 7.95. The van der Waals surface area contributed by atoms with E-state index in [4.69, 9.17) is 0 Å². The van der Waals surface area contributed by atoms with Gasteiger partial charge < -0.3 is 10.2 Å². The van der Waals surface area contributed by atoms with E-state index in [1.165, 1.54) is 0 Å². The number of benzene rings is 1. The van der Waals surface area contributed by atoms with Crippen molar-refractivity contribution in [2.45, 2.75) is 51.7 Å². The lowest BCUT2D eigenvalue weighted by molar-refractivity contribution is 0.0757. The molecule has 3 rings (SSSR count). The molecule has 21 heavy (non-hydrogen) atoms. The molecule has 0 spiro atoms. The van der Waals surface area contributed by atoms with Crippen molar-refractivity contribution in [1.29, 1.82) is 0 Å². The molecule has 2 bridgehead atoms. The molecular formula is C17H25N3O. The van der Waals surface area contributed by atoms with E-state index in [1.54, 1.807) is 0 Å². The largest absolute Gasteiger partial charge is 0.322 e. The van der Waals surface area contributed by atoms with Crippen LogP contribution in [0.3, 0.4) is 0 Å². The zero-order valence-electron chi connectivity index (χ0n) is 13.2. The molecule has 0 aromatic heterocycles. The van der Waals surface area contributed by atoms with Crippen LogP contribution in [-0.4, -0.2) is 47.0 Å². The van der Waals surface area contributed by atoms with Crippen LogP contribution in [0.15, 0.2) is 24.3 Å². The van der Waals surface area contributed by atoms with Gasteiger partial charge in [0.05, 0.1) is 0 Å². The summed E-state index contributed by atoms with van der Waals surface area (Å²) < 4.78 is 0. The first-order chi connectivity index (χ1) is 10.1. The number of hydrogen-bond donors (Lipinski definition) is 1. The van der Waals surface area contributed by atoms with Crippen LogP contribution < -0.4 is 5.32 Å². The van der Waals surface area contributed by atoms with Gasteiger partial charge in [0.15, 0.2) is 0 Å². The molecule has 0 radical (unpaired) electrons. The molecule has 1 N–H and O–H groups in total. The first kappa shape index (κ1) is 14.4. The molecule has 1 aromatic rings. The number of hydrogen-bond acceptors (Lipinski definition) is 2. The number of urea groups is 1. The standard InChI is InChI=1S/C17H25N3O/c1-12(2)19-10-14-8-9-15(11-19)20(14)17(21)18-16-7-5-4-6-13(16)3/h4-7,12,14-15H,8-11H2,1-3H3,(H,18,21). The fraction of sp³-hybridized carbons (Fsp3) is 0.588. The summed E-state index contributed by atoms with van der Waals surface area (Å²) >= 11 is 0. The van der Waals surface area contributed by atoms with Crippen LogP contribution in [0, 0.1) is 6.92 Å². The van der Waals surface area contributed by atoms with Crippen molar-refractivity contribution < 1.29 is 4.79 Å². The van der Waals surface area contributed by atoms with Gasteiger partial charge in [0, 0.05) is 36.9 Å². The van der Waals surface area contributed by atoms with Crippen molar-refractivity contribution in [2.75, 3.05) is 18.4 Å². The Kier molecular flexibility index (Phi) is 3.89. The van der Waals surface area contributed by atoms with Gasteiger partial charge >= 0.3 is 6.03 Å². The van der Waals surface area contributed by atoms with Crippen LogP contribution in [0.5, 0.6) is 0 Å². The second-order valence-electron chi connectivity index (χ2n) is 6.58. The van der Waals surface area contributed by atoms with E-state index < -0.39 is 0 Å². The molecule has 114 valence electrons. The fourth-order valence-corrected chi connectivity index (χ4v) is 3.58. The Morgan fingerprint density at radius 2 is 1.81 bits per heavy atom. The summed E-state index contributed by atoms with van der Waals surface area (Å²) in [6.45, 7) is 8.52. The third-order valence-corrected chi connectivity index (χ3v) is 4.86. The van der Waals surface area contributed by atoms with Crippen molar-refractivity contribution in [3.05, 3.63) is 29.8 Å². The number of nitrogens with zero attached hydrogens (tertiary/aromatic N) is 2. The van der Waals surface area contributed by atoms with Gasteiger partial charge in [0.25, 0.3) is 0 Å². The number of anilines is 1. The SMILES string of the molecule is Cc1ccccc1NC(=O)N1C2CCC1CN(C(C)C)C2. The molecule has 0 saturated carbocycles. The predicted octanol–water partition coefficient (Wildman–Crippen LogP) is 3.08. The molecule has 2 amide bonds. The smallest absolute Gasteiger partial charge is 0.316 e. The van der Waals surface area contributed by atoms with E-state index in [9.17, 15) is 4.79 Å². The summed E-state index contributed by atoms with van der Waals surface area (Å²) in [5.41, 5.74) is 2.03. The summed E-state index contributed by atoms with van der Waals surface area (Å²) in [7, 11) is 0. The van der Waals surface area contributed by atoms with Gasteiger partial charge in [0.2, 0.25) is 0 Å². The average Bonchev–Trinajstić information content (AvgIpc) is 2.71. The normalized spacial score (nSPS) is 25.4. The number of carbonyl (C=O) groups excluding carboxylic acids is 1. The molecule has 0 aliphatic carbocycles. The third-order valence-electron chi connectivity index (χ3n) is 4.86. The number of fused-ring (bicyclic) bond motifs is 2. The Labute approximate surface area is 127 Å². The molecule has 2 fully saturated rings. The van der Waals surface area contributed by atoms with Crippen molar-refractivity contribution in [1.82, 2.24) is 9.80 Å². The van der Waals surface area contributed by atoms with Crippen LogP contribution >= 0.6 is 0 Å². The van der Waals surface area contributed by atoms with E-state index >= 15 is 0 Å². The van der Waals surface area contributed by atoms with E-state index in [0.717, 1.165) is 37.2 Å². The number of piperazine rings is 1. The van der Waals surface area contributed by atoms with E-state index in [1.807, 2.05) is 31.2 Å². The highest BCUT2D eigenvalue weighted by atomic mass is 16.2. The monoisotopic (exact) mass is 287 g/mol. The Morgan fingerprint density at radius 1 is 1.19 bits per heavy atom. The lowest BCUT2D eigenvalue weighted by Crippen LogP contribution is -2.58. The summed E-state index contributed by atoms with van der Waals surface area (Å²) in [5, 5.41) is 3.09. The molecule has 2 atom stereocenters. The van der Waals surface area contributed by atoms with Crippen molar-refractivity contribution in [3.8, 4) is 0 Å². The van der Waals surface area contributed by atoms with Gasteiger partial charge in [-0.1, -0.05) is 18.2 Å². The number of nitrogens with one attached hydrogen (secondary N) is 1. The average molecular weight is 287 g/mol. The van der Waals surface area contributed by atoms with Crippen LogP contribution in [0.25, 0.3) is 0 Å². The second kappa shape index (κ2) is 5.68. The van der Waals surface area contributed by atoms with E-state index in [-0.39, 0.29) is 6.03 Å². The minimum atomic E-state index is 0.0696. The molecule has 2 aliphatic heterocycles. The van der Waals surface area contributed by atoms with E-state index in [2.05, 4.69) is 29.0 Å². The Bertz CT molecular complexity index is 515. The summed E-state index contributed by atoms with van der Waals surface area (Å²) in [6.07, 6.45) is 2.27. The zero-order chi connectivity index (χ0) is 15.0. The minimum Gasteiger partial charge on any atom is -0.316 e. The minimum absolute atomic E-state index is 0.0696. The highest BCUT2D eigenvalue weighted by Gasteiger charge is 2.43. The van der Waals surface area contributed by atoms with Crippen molar-refractivity contribution in [3.63, 3.8) is 0 Å². The third kappa shape index (κ3) is 2.77. The van der Waals surface area contributed by atoms with Crippen LogP contribution in [0.4, 0.5) is 10.5 Å². The molecule has 2 aliphatic rings. The maximum Gasteiger partial charge on any atom is 0.322 e. The quantitative estimate of drug-likeness (QED) is 0.907. The maximum absolute atomic E-state index is 12.7. The lowest BCUT2D eigenvalue weighted by atomic mass is 10.1. The lowest BCUT2D eigenvalue weighted by Gasteiger charge is -2.42. The molecular weight excluding hydrogens is 262 g/mol. The molecule has 2 heterocycles. The van der Waals surface area contributed by atoms with Gasteiger partial charge in [-0.25, -0.2) is 4.79 Å². The Morgan fingerprint density at radius 3 is 2.38 bits per heavy atom. The number of rotatable bonds is 2. The van der Waals surface area contributed by atoms with Crippen LogP contribution in [-0.2, 0) is 0 Å². The maximum atomic E-state index is 12.7. The highest BCUT2D eigenvalue weighted by molar-refractivity contribution is 5.90. The van der Waals surface area contributed by atoms with Crippen molar-refractivity contribution in [2.24, 2.45) is 0 Å². The first-order valence-corrected chi connectivity index (χ1v) is 7.95. The molecule has 2 unspecified atom stereocenters. The molecule has 4 heteroatoms. The molecule has 2 saturated heterocycles. The van der Waals surface area contributed by atoms with Crippen LogP contribution in [0.1, 0.15) is 32.3 Å². The number of aryl methyl sites for hydroxylation is 1. The molecule has 1 aromatic carbocycles. The van der Waals surface area contributed by atoms with Gasteiger partial charge in [0.1, 0.15) is 0 Å². The fourth-order valence-electron chi connectivity index (χ4n) is 3.58. The zero-order valence-corrected chi connectivity index (χ0v) is 13.2. The van der Waals surface area contributed by atoms with Gasteiger partial charge in [-0.05, 0) is 45.2 Å². The topological polar surface area (TPSA) is 35.6 Å². The van der Waals surface area contributed by atoms with Crippen LogP contribution in [0.2, 0.25) is 0 Å². The highest BCUT2D eigenvalue weighted by Crippen LogP contribution is 2.31. The van der Waals surface area contributed by atoms with Gasteiger partial charge in [-0.3, -0.25) is 4.90 Å². The number of likely N-dealkylation sites (tertiary alicyclic amines) is 1. The van der Waals surface area contributed by atoms with E-state index in [0.29, 0.717) is 18.1 Å². The van der Waals surface area contributed by atoms with Gasteiger partial charge in [-0.2, -0.15) is 0 Å². The Hall–Kier alpha value is -1.55. The number of carbonyl (C=O) groups is 1. The molecule has 4 nitrogen and oxygen atoms in total. The Balaban J connectivity index is 1.71. The van der Waals surface area contributed by atoms with Crippen molar-refractivity contribution >= 4 is 11.7 Å².